The monoisotopic (exact) mass is 300 g/mol. The van der Waals surface area contributed by atoms with Gasteiger partial charge in [0.05, 0.1) is 6.04 Å². The van der Waals surface area contributed by atoms with Crippen molar-refractivity contribution in [3.8, 4) is 0 Å². The van der Waals surface area contributed by atoms with Crippen LogP contribution < -0.4 is 11.1 Å². The fourth-order valence-electron chi connectivity index (χ4n) is 2.85. The number of primary amides is 1. The first kappa shape index (κ1) is 19.9. The molecule has 0 spiro atoms. The summed E-state index contributed by atoms with van der Waals surface area (Å²) >= 11 is 0. The molecule has 0 rings (SSSR count). The number of aliphatic carboxylic acids is 1. The van der Waals surface area contributed by atoms with Gasteiger partial charge in [-0.3, -0.25) is 9.59 Å². The number of nitrogens with one attached hydrogen (secondary N) is 1. The summed E-state index contributed by atoms with van der Waals surface area (Å²) in [7, 11) is 0. The number of nitrogens with two attached hydrogens (primary N) is 1. The second-order valence-corrected chi connectivity index (χ2v) is 5.84. The summed E-state index contributed by atoms with van der Waals surface area (Å²) in [4.78, 5) is 22.2. The summed E-state index contributed by atoms with van der Waals surface area (Å²) in [6.45, 7) is 6.24. The molecule has 2 atom stereocenters. The zero-order valence-electron chi connectivity index (χ0n) is 13.7. The lowest BCUT2D eigenvalue weighted by molar-refractivity contribution is -0.137. The van der Waals surface area contributed by atoms with Gasteiger partial charge in [-0.05, 0) is 25.2 Å². The molecule has 0 radical (unpaired) electrons. The molecule has 0 fully saturated rings. The Morgan fingerprint density at radius 1 is 1.10 bits per heavy atom. The van der Waals surface area contributed by atoms with E-state index in [9.17, 15) is 9.59 Å². The van der Waals surface area contributed by atoms with E-state index in [0.29, 0.717) is 18.8 Å². The summed E-state index contributed by atoms with van der Waals surface area (Å²) in [6, 6.07) is -0.325. The lowest BCUT2D eigenvalue weighted by Crippen LogP contribution is -2.46. The molecular weight excluding hydrogens is 268 g/mol. The van der Waals surface area contributed by atoms with Crippen molar-refractivity contribution in [3.05, 3.63) is 0 Å². The van der Waals surface area contributed by atoms with E-state index >= 15 is 0 Å². The summed E-state index contributed by atoms with van der Waals surface area (Å²) in [6.07, 6.45) is 6.76. The van der Waals surface area contributed by atoms with Crippen LogP contribution in [0.4, 0.5) is 0 Å². The van der Waals surface area contributed by atoms with Crippen LogP contribution in [0.2, 0.25) is 0 Å². The molecule has 1 amide bonds. The highest BCUT2D eigenvalue weighted by Gasteiger charge is 2.21. The van der Waals surface area contributed by atoms with Crippen LogP contribution in [0.1, 0.15) is 72.1 Å². The minimum Gasteiger partial charge on any atom is -0.481 e. The van der Waals surface area contributed by atoms with Crippen molar-refractivity contribution in [1.82, 2.24) is 5.32 Å². The maximum Gasteiger partial charge on any atom is 0.303 e. The maximum atomic E-state index is 11.4. The third-order valence-electron chi connectivity index (χ3n) is 3.91. The van der Waals surface area contributed by atoms with E-state index in [1.165, 1.54) is 0 Å². The van der Waals surface area contributed by atoms with Crippen molar-refractivity contribution >= 4 is 11.9 Å². The van der Waals surface area contributed by atoms with E-state index in [1.54, 1.807) is 0 Å². The Labute approximate surface area is 128 Å². The quantitative estimate of drug-likeness (QED) is 0.487. The fraction of sp³-hybridized carbons (Fsp3) is 0.875. The van der Waals surface area contributed by atoms with Crippen molar-refractivity contribution in [2.75, 3.05) is 0 Å². The standard InChI is InChI=1S/C16H32N2O3/c1-4-7-12(8-5-2)11-13(9-10-15(19)20)18-14(6-3)16(17)21/h12-14,18H,4-11H2,1-3H3,(H2,17,21)(H,19,20)/t13?,14-/m0/s1. The molecule has 0 aromatic rings. The SMILES string of the molecule is CCCC(CCC)CC(CCC(=O)O)N[C@@H](CC)C(N)=O. The number of carboxylic acid groups (broad SMARTS) is 1. The Morgan fingerprint density at radius 2 is 1.67 bits per heavy atom. The van der Waals surface area contributed by atoms with Gasteiger partial charge in [-0.2, -0.15) is 0 Å². The van der Waals surface area contributed by atoms with Crippen molar-refractivity contribution in [2.24, 2.45) is 11.7 Å². The minimum absolute atomic E-state index is 0.0432. The number of amides is 1. The number of hydrogen-bond acceptors (Lipinski definition) is 3. The van der Waals surface area contributed by atoms with Gasteiger partial charge in [0.25, 0.3) is 0 Å². The van der Waals surface area contributed by atoms with E-state index in [0.717, 1.165) is 32.1 Å². The van der Waals surface area contributed by atoms with Crippen LogP contribution in [0.5, 0.6) is 0 Å². The van der Waals surface area contributed by atoms with E-state index in [-0.39, 0.29) is 24.4 Å². The fourth-order valence-corrected chi connectivity index (χ4v) is 2.85. The van der Waals surface area contributed by atoms with Crippen LogP contribution in [0.3, 0.4) is 0 Å². The Hall–Kier alpha value is -1.10. The molecule has 0 saturated carbocycles. The van der Waals surface area contributed by atoms with Gasteiger partial charge in [0, 0.05) is 12.5 Å². The Balaban J connectivity index is 4.68. The summed E-state index contributed by atoms with van der Waals surface area (Å²) in [5.41, 5.74) is 5.38. The van der Waals surface area contributed by atoms with Crippen LogP contribution in [-0.4, -0.2) is 29.1 Å². The topological polar surface area (TPSA) is 92.4 Å². The van der Waals surface area contributed by atoms with Gasteiger partial charge in [-0.1, -0.05) is 46.5 Å². The normalized spacial score (nSPS) is 14.1. The molecule has 0 saturated heterocycles. The third kappa shape index (κ3) is 9.45. The molecule has 0 aromatic heterocycles. The average molecular weight is 300 g/mol. The lowest BCUT2D eigenvalue weighted by atomic mass is 9.89. The zero-order valence-corrected chi connectivity index (χ0v) is 13.7. The Morgan fingerprint density at radius 3 is 2.05 bits per heavy atom. The minimum atomic E-state index is -0.795. The van der Waals surface area contributed by atoms with Gasteiger partial charge in [0.15, 0.2) is 0 Å². The van der Waals surface area contributed by atoms with E-state index in [4.69, 9.17) is 10.8 Å². The molecule has 4 N–H and O–H groups in total. The Bertz CT molecular complexity index is 302. The van der Waals surface area contributed by atoms with Crippen LogP contribution in [-0.2, 0) is 9.59 Å². The van der Waals surface area contributed by atoms with Crippen molar-refractivity contribution in [2.45, 2.75) is 84.2 Å². The lowest BCUT2D eigenvalue weighted by Gasteiger charge is -2.27. The Kier molecular flexibility index (Phi) is 10.9. The molecule has 124 valence electrons. The van der Waals surface area contributed by atoms with Crippen LogP contribution in [0.15, 0.2) is 0 Å². The number of rotatable bonds is 13. The van der Waals surface area contributed by atoms with Crippen molar-refractivity contribution in [3.63, 3.8) is 0 Å². The third-order valence-corrected chi connectivity index (χ3v) is 3.91. The molecule has 5 heteroatoms. The van der Waals surface area contributed by atoms with Crippen LogP contribution >= 0.6 is 0 Å². The first-order chi connectivity index (χ1) is 9.94. The maximum absolute atomic E-state index is 11.4. The number of hydrogen-bond donors (Lipinski definition) is 3. The van der Waals surface area contributed by atoms with Crippen LogP contribution in [0.25, 0.3) is 0 Å². The van der Waals surface area contributed by atoms with Crippen molar-refractivity contribution < 1.29 is 14.7 Å². The zero-order chi connectivity index (χ0) is 16.3. The summed E-state index contributed by atoms with van der Waals surface area (Å²) in [5, 5.41) is 12.2. The van der Waals surface area contributed by atoms with E-state index in [2.05, 4.69) is 19.2 Å². The molecule has 21 heavy (non-hydrogen) atoms. The molecule has 0 aliphatic carbocycles. The molecule has 1 unspecified atom stereocenters. The molecule has 0 aliphatic rings. The predicted molar refractivity (Wildman–Crippen MR) is 85.0 cm³/mol. The molecule has 5 nitrogen and oxygen atoms in total. The van der Waals surface area contributed by atoms with E-state index < -0.39 is 5.97 Å². The van der Waals surface area contributed by atoms with Crippen LogP contribution in [0, 0.1) is 5.92 Å². The predicted octanol–water partition coefficient (Wildman–Crippen LogP) is 2.68. The van der Waals surface area contributed by atoms with Gasteiger partial charge < -0.3 is 16.2 Å². The van der Waals surface area contributed by atoms with Gasteiger partial charge in [0.1, 0.15) is 0 Å². The number of carbonyl (C=O) groups excluding carboxylic acids is 1. The highest BCUT2D eigenvalue weighted by Crippen LogP contribution is 2.21. The number of carbonyl (C=O) groups is 2. The second-order valence-electron chi connectivity index (χ2n) is 5.84. The molecule has 0 aliphatic heterocycles. The number of carboxylic acids is 1. The summed E-state index contributed by atoms with van der Waals surface area (Å²) in [5.74, 6) is -0.575. The van der Waals surface area contributed by atoms with Gasteiger partial charge in [0.2, 0.25) is 5.91 Å². The largest absolute Gasteiger partial charge is 0.481 e. The van der Waals surface area contributed by atoms with Crippen molar-refractivity contribution in [1.29, 1.82) is 0 Å². The molecular formula is C16H32N2O3. The highest BCUT2D eigenvalue weighted by atomic mass is 16.4. The molecule has 0 aromatic carbocycles. The summed E-state index contributed by atoms with van der Waals surface area (Å²) < 4.78 is 0. The average Bonchev–Trinajstić information content (AvgIpc) is 2.41. The molecule has 0 bridgehead atoms. The second kappa shape index (κ2) is 11.5. The first-order valence-corrected chi connectivity index (χ1v) is 8.21. The van der Waals surface area contributed by atoms with Gasteiger partial charge >= 0.3 is 5.97 Å². The highest BCUT2D eigenvalue weighted by molar-refractivity contribution is 5.79. The first-order valence-electron chi connectivity index (χ1n) is 8.21. The van der Waals surface area contributed by atoms with Gasteiger partial charge in [-0.15, -0.1) is 0 Å². The smallest absolute Gasteiger partial charge is 0.303 e. The van der Waals surface area contributed by atoms with E-state index in [1.807, 2.05) is 6.92 Å². The van der Waals surface area contributed by atoms with Gasteiger partial charge in [-0.25, -0.2) is 0 Å². The molecule has 0 heterocycles.